The first-order valence-electron chi connectivity index (χ1n) is 5.77. The molecule has 0 saturated heterocycles. The van der Waals surface area contributed by atoms with Gasteiger partial charge in [-0.15, -0.1) is 0 Å². The summed E-state index contributed by atoms with van der Waals surface area (Å²) >= 11 is 5.90. The topological polar surface area (TPSA) is 50.4 Å². The van der Waals surface area contributed by atoms with Crippen molar-refractivity contribution in [2.45, 2.75) is 0 Å². The number of fused-ring (bicyclic) bond motifs is 1. The molecule has 1 aromatic heterocycles. The highest BCUT2D eigenvalue weighted by molar-refractivity contribution is 6.34. The van der Waals surface area contributed by atoms with E-state index >= 15 is 0 Å². The maximum absolute atomic E-state index is 13.3. The summed E-state index contributed by atoms with van der Waals surface area (Å²) in [5.41, 5.74) is 0.0385. The first-order valence-corrected chi connectivity index (χ1v) is 6.15. The Balaban J connectivity index is 2.36. The second-order valence-corrected chi connectivity index (χ2v) is 4.66. The maximum atomic E-state index is 13.3. The minimum Gasteiger partial charge on any atom is -0.507 e. The van der Waals surface area contributed by atoms with E-state index in [0.29, 0.717) is 5.56 Å². The highest BCUT2D eigenvalue weighted by atomic mass is 35.5. The van der Waals surface area contributed by atoms with Gasteiger partial charge in [0.05, 0.1) is 16.0 Å². The summed E-state index contributed by atoms with van der Waals surface area (Å²) in [5, 5.41) is 9.86. The van der Waals surface area contributed by atoms with Gasteiger partial charge in [-0.2, -0.15) is 0 Å². The van der Waals surface area contributed by atoms with Crippen LogP contribution in [0.15, 0.2) is 51.7 Å². The van der Waals surface area contributed by atoms with Crippen LogP contribution in [0.3, 0.4) is 0 Å². The molecule has 3 nitrogen and oxygen atoms in total. The molecule has 0 aliphatic carbocycles. The molecule has 5 heteroatoms. The van der Waals surface area contributed by atoms with E-state index in [-0.39, 0.29) is 27.5 Å². The first-order chi connectivity index (χ1) is 9.56. The lowest BCUT2D eigenvalue weighted by Gasteiger charge is -2.06. The highest BCUT2D eigenvalue weighted by Gasteiger charge is 2.13. The highest BCUT2D eigenvalue weighted by Crippen LogP contribution is 2.31. The summed E-state index contributed by atoms with van der Waals surface area (Å²) in [4.78, 5) is 12.0. The van der Waals surface area contributed by atoms with Crippen LogP contribution in [-0.2, 0) is 0 Å². The van der Waals surface area contributed by atoms with Crippen molar-refractivity contribution in [3.05, 3.63) is 63.5 Å². The summed E-state index contributed by atoms with van der Waals surface area (Å²) in [5.74, 6) is -0.451. The van der Waals surface area contributed by atoms with E-state index in [1.807, 2.05) is 0 Å². The van der Waals surface area contributed by atoms with Crippen LogP contribution in [0.2, 0.25) is 5.02 Å². The molecule has 0 fully saturated rings. The SMILES string of the molecule is O=c1cc(-c2ccccc2O)oc2c(Cl)cc(F)cc12. The zero-order chi connectivity index (χ0) is 14.3. The van der Waals surface area contributed by atoms with Crippen molar-refractivity contribution in [2.75, 3.05) is 0 Å². The fourth-order valence-corrected chi connectivity index (χ4v) is 2.24. The number of benzene rings is 2. The molecule has 0 spiro atoms. The van der Waals surface area contributed by atoms with Gasteiger partial charge >= 0.3 is 0 Å². The fraction of sp³-hybridized carbons (Fsp3) is 0. The van der Waals surface area contributed by atoms with Crippen LogP contribution in [-0.4, -0.2) is 5.11 Å². The molecule has 0 aliphatic heterocycles. The van der Waals surface area contributed by atoms with Crippen LogP contribution in [0.25, 0.3) is 22.3 Å². The lowest BCUT2D eigenvalue weighted by atomic mass is 10.1. The van der Waals surface area contributed by atoms with E-state index in [2.05, 4.69) is 0 Å². The Hall–Kier alpha value is -2.33. The molecule has 2 aromatic carbocycles. The summed E-state index contributed by atoms with van der Waals surface area (Å²) < 4.78 is 18.8. The van der Waals surface area contributed by atoms with Crippen LogP contribution < -0.4 is 5.43 Å². The van der Waals surface area contributed by atoms with Gasteiger partial charge in [0.1, 0.15) is 17.3 Å². The molecule has 0 amide bonds. The lowest BCUT2D eigenvalue weighted by Crippen LogP contribution is -2.01. The molecule has 0 unspecified atom stereocenters. The second kappa shape index (κ2) is 4.65. The van der Waals surface area contributed by atoms with Gasteiger partial charge < -0.3 is 9.52 Å². The Bertz CT molecular complexity index is 871. The Labute approximate surface area is 117 Å². The van der Waals surface area contributed by atoms with E-state index in [1.165, 1.54) is 12.1 Å². The Morgan fingerprint density at radius 1 is 1.15 bits per heavy atom. The van der Waals surface area contributed by atoms with Crippen molar-refractivity contribution < 1.29 is 13.9 Å². The maximum Gasteiger partial charge on any atom is 0.193 e. The third kappa shape index (κ3) is 2.04. The van der Waals surface area contributed by atoms with Crippen molar-refractivity contribution in [3.8, 4) is 17.1 Å². The first kappa shape index (κ1) is 12.7. The van der Waals surface area contributed by atoms with Crippen LogP contribution in [0.1, 0.15) is 0 Å². The van der Waals surface area contributed by atoms with Crippen LogP contribution in [0.4, 0.5) is 4.39 Å². The lowest BCUT2D eigenvalue weighted by molar-refractivity contribution is 0.474. The largest absolute Gasteiger partial charge is 0.507 e. The number of para-hydroxylation sites is 1. The van der Waals surface area contributed by atoms with Crippen LogP contribution in [0.5, 0.6) is 5.75 Å². The molecule has 0 saturated carbocycles. The van der Waals surface area contributed by atoms with Crippen molar-refractivity contribution in [2.24, 2.45) is 0 Å². The molecule has 3 rings (SSSR count). The Morgan fingerprint density at radius 3 is 2.65 bits per heavy atom. The average Bonchev–Trinajstić information content (AvgIpc) is 2.40. The third-order valence-electron chi connectivity index (χ3n) is 2.92. The Morgan fingerprint density at radius 2 is 1.90 bits per heavy atom. The minimum atomic E-state index is -0.606. The molecule has 1 N–H and O–H groups in total. The van der Waals surface area contributed by atoms with Gasteiger partial charge in [0.2, 0.25) is 0 Å². The third-order valence-corrected chi connectivity index (χ3v) is 3.20. The van der Waals surface area contributed by atoms with Gasteiger partial charge in [-0.05, 0) is 24.3 Å². The molecule has 0 radical (unpaired) electrons. The van der Waals surface area contributed by atoms with E-state index in [0.717, 1.165) is 12.1 Å². The predicted molar refractivity (Wildman–Crippen MR) is 74.6 cm³/mol. The zero-order valence-electron chi connectivity index (χ0n) is 10.1. The van der Waals surface area contributed by atoms with Crippen molar-refractivity contribution in [1.29, 1.82) is 0 Å². The van der Waals surface area contributed by atoms with Crippen molar-refractivity contribution >= 4 is 22.6 Å². The molecule has 0 bridgehead atoms. The molecule has 100 valence electrons. The quantitative estimate of drug-likeness (QED) is 0.738. The summed E-state index contributed by atoms with van der Waals surface area (Å²) in [7, 11) is 0. The number of phenolic OH excluding ortho intramolecular Hbond substituents is 1. The standard InChI is InChI=1S/C15H8ClFO3/c16-11-6-8(17)5-10-13(19)7-14(20-15(10)11)9-3-1-2-4-12(9)18/h1-7,18H. The smallest absolute Gasteiger partial charge is 0.193 e. The summed E-state index contributed by atoms with van der Waals surface area (Å²) in [6.07, 6.45) is 0. The molecule has 0 aliphatic rings. The van der Waals surface area contributed by atoms with Crippen molar-refractivity contribution in [1.82, 2.24) is 0 Å². The molecular formula is C15H8ClFO3. The van der Waals surface area contributed by atoms with Gasteiger partial charge in [-0.3, -0.25) is 4.79 Å². The Kier molecular flexibility index (Phi) is 2.95. The predicted octanol–water partition coefficient (Wildman–Crippen LogP) is 3.96. The zero-order valence-corrected chi connectivity index (χ0v) is 10.8. The van der Waals surface area contributed by atoms with Gasteiger partial charge in [0.15, 0.2) is 11.0 Å². The minimum absolute atomic E-state index is 0.00868. The van der Waals surface area contributed by atoms with E-state index in [1.54, 1.807) is 18.2 Å². The number of hydrogen-bond donors (Lipinski definition) is 1. The van der Waals surface area contributed by atoms with E-state index < -0.39 is 11.2 Å². The molecule has 20 heavy (non-hydrogen) atoms. The number of rotatable bonds is 1. The van der Waals surface area contributed by atoms with Gasteiger partial charge in [-0.1, -0.05) is 23.7 Å². The molecular weight excluding hydrogens is 283 g/mol. The van der Waals surface area contributed by atoms with E-state index in [4.69, 9.17) is 16.0 Å². The van der Waals surface area contributed by atoms with Crippen LogP contribution in [0, 0.1) is 5.82 Å². The number of halogens is 2. The number of hydrogen-bond acceptors (Lipinski definition) is 3. The molecule has 3 aromatic rings. The average molecular weight is 291 g/mol. The summed E-state index contributed by atoms with van der Waals surface area (Å²) in [6, 6.07) is 9.78. The van der Waals surface area contributed by atoms with Gasteiger partial charge in [-0.25, -0.2) is 4.39 Å². The monoisotopic (exact) mass is 290 g/mol. The van der Waals surface area contributed by atoms with Gasteiger partial charge in [0, 0.05) is 6.07 Å². The van der Waals surface area contributed by atoms with Gasteiger partial charge in [0.25, 0.3) is 0 Å². The normalized spacial score (nSPS) is 10.9. The number of aromatic hydroxyl groups is 1. The van der Waals surface area contributed by atoms with Crippen molar-refractivity contribution in [3.63, 3.8) is 0 Å². The van der Waals surface area contributed by atoms with Crippen LogP contribution >= 0.6 is 11.6 Å². The molecule has 1 heterocycles. The second-order valence-electron chi connectivity index (χ2n) is 4.26. The number of phenols is 1. The summed E-state index contributed by atoms with van der Waals surface area (Å²) in [6.45, 7) is 0. The fourth-order valence-electron chi connectivity index (χ4n) is 2.00. The van der Waals surface area contributed by atoms with E-state index in [9.17, 15) is 14.3 Å². The molecule has 0 atom stereocenters.